The highest BCUT2D eigenvalue weighted by Crippen LogP contribution is 2.21. The maximum absolute atomic E-state index is 12.4. The van der Waals surface area contributed by atoms with Crippen molar-refractivity contribution in [3.05, 3.63) is 53.9 Å². The van der Waals surface area contributed by atoms with E-state index in [-0.39, 0.29) is 5.91 Å². The summed E-state index contributed by atoms with van der Waals surface area (Å²) in [5.74, 6) is 1.56. The standard InChI is InChI=1S/C21H25N5O/c1-15-6-7-20(25-24-15)26-10-8-16(9-11-26)13-23-21(27)12-17-14-22-19-5-3-2-4-18(17)19/h2-7,14,16,22H,8-13H2,1H3,(H,23,27). The lowest BCUT2D eigenvalue weighted by atomic mass is 9.96. The Morgan fingerprint density at radius 2 is 2.00 bits per heavy atom. The molecule has 0 unspecified atom stereocenters. The van der Waals surface area contributed by atoms with Crippen LogP contribution in [-0.2, 0) is 11.2 Å². The van der Waals surface area contributed by atoms with Crippen molar-refractivity contribution in [2.45, 2.75) is 26.2 Å². The van der Waals surface area contributed by atoms with Crippen molar-refractivity contribution in [1.82, 2.24) is 20.5 Å². The summed E-state index contributed by atoms with van der Waals surface area (Å²) < 4.78 is 0. The predicted molar refractivity (Wildman–Crippen MR) is 107 cm³/mol. The maximum Gasteiger partial charge on any atom is 0.224 e. The smallest absolute Gasteiger partial charge is 0.224 e. The van der Waals surface area contributed by atoms with E-state index in [1.165, 1.54) is 0 Å². The number of fused-ring (bicyclic) bond motifs is 1. The van der Waals surface area contributed by atoms with E-state index in [1.807, 2.05) is 43.5 Å². The summed E-state index contributed by atoms with van der Waals surface area (Å²) in [4.78, 5) is 17.9. The molecule has 1 aliphatic heterocycles. The Morgan fingerprint density at radius 1 is 1.19 bits per heavy atom. The summed E-state index contributed by atoms with van der Waals surface area (Å²) in [6, 6.07) is 12.1. The summed E-state index contributed by atoms with van der Waals surface area (Å²) in [5, 5.41) is 12.7. The molecule has 140 valence electrons. The summed E-state index contributed by atoms with van der Waals surface area (Å²) in [5.41, 5.74) is 3.06. The van der Waals surface area contributed by atoms with Gasteiger partial charge in [-0.05, 0) is 49.4 Å². The number of rotatable bonds is 5. The molecule has 2 aromatic heterocycles. The van der Waals surface area contributed by atoms with Gasteiger partial charge in [-0.3, -0.25) is 4.79 Å². The van der Waals surface area contributed by atoms with Crippen LogP contribution in [0.3, 0.4) is 0 Å². The van der Waals surface area contributed by atoms with Crippen LogP contribution in [0.5, 0.6) is 0 Å². The maximum atomic E-state index is 12.4. The minimum Gasteiger partial charge on any atom is -0.361 e. The Bertz CT molecular complexity index is 910. The SMILES string of the molecule is Cc1ccc(N2CCC(CNC(=O)Cc3c[nH]c4ccccc34)CC2)nn1. The molecule has 6 heteroatoms. The second-order valence-corrected chi connectivity index (χ2v) is 7.30. The van der Waals surface area contributed by atoms with Crippen LogP contribution in [0.15, 0.2) is 42.6 Å². The molecule has 1 saturated heterocycles. The van der Waals surface area contributed by atoms with Crippen LogP contribution in [-0.4, -0.2) is 40.7 Å². The Labute approximate surface area is 159 Å². The van der Waals surface area contributed by atoms with Gasteiger partial charge >= 0.3 is 0 Å². The first kappa shape index (κ1) is 17.5. The number of aromatic amines is 1. The number of benzene rings is 1. The van der Waals surface area contributed by atoms with Gasteiger partial charge in [0.2, 0.25) is 5.91 Å². The molecule has 0 radical (unpaired) electrons. The molecule has 27 heavy (non-hydrogen) atoms. The van der Waals surface area contributed by atoms with E-state index >= 15 is 0 Å². The van der Waals surface area contributed by atoms with Gasteiger partial charge in [0, 0.05) is 36.7 Å². The Morgan fingerprint density at radius 3 is 2.78 bits per heavy atom. The first-order valence-corrected chi connectivity index (χ1v) is 9.56. The number of aryl methyl sites for hydroxylation is 1. The van der Waals surface area contributed by atoms with Gasteiger partial charge < -0.3 is 15.2 Å². The van der Waals surface area contributed by atoms with Crippen molar-refractivity contribution in [3.63, 3.8) is 0 Å². The van der Waals surface area contributed by atoms with Gasteiger partial charge in [-0.1, -0.05) is 18.2 Å². The highest BCUT2D eigenvalue weighted by atomic mass is 16.1. The fourth-order valence-corrected chi connectivity index (χ4v) is 3.70. The van der Waals surface area contributed by atoms with E-state index in [9.17, 15) is 4.79 Å². The third kappa shape index (κ3) is 4.10. The summed E-state index contributed by atoms with van der Waals surface area (Å²) >= 11 is 0. The minimum absolute atomic E-state index is 0.0894. The van der Waals surface area contributed by atoms with Crippen LogP contribution in [0, 0.1) is 12.8 Å². The first-order valence-electron chi connectivity index (χ1n) is 9.56. The average molecular weight is 363 g/mol. The lowest BCUT2D eigenvalue weighted by Crippen LogP contribution is -2.39. The highest BCUT2D eigenvalue weighted by Gasteiger charge is 2.21. The predicted octanol–water partition coefficient (Wildman–Crippen LogP) is 2.84. The van der Waals surface area contributed by atoms with Crippen molar-refractivity contribution in [2.24, 2.45) is 5.92 Å². The van der Waals surface area contributed by atoms with E-state index in [2.05, 4.69) is 31.5 Å². The minimum atomic E-state index is 0.0894. The molecular weight excluding hydrogens is 338 g/mol. The van der Waals surface area contributed by atoms with Gasteiger partial charge in [-0.15, -0.1) is 5.10 Å². The van der Waals surface area contributed by atoms with E-state index in [0.717, 1.165) is 60.5 Å². The highest BCUT2D eigenvalue weighted by molar-refractivity contribution is 5.88. The Kier molecular flexibility index (Phi) is 5.05. The van der Waals surface area contributed by atoms with Crippen molar-refractivity contribution in [2.75, 3.05) is 24.5 Å². The molecular formula is C21H25N5O. The number of anilines is 1. The van der Waals surface area contributed by atoms with Gasteiger partial charge in [-0.2, -0.15) is 5.10 Å². The van der Waals surface area contributed by atoms with Gasteiger partial charge in [0.05, 0.1) is 12.1 Å². The van der Waals surface area contributed by atoms with Crippen molar-refractivity contribution in [1.29, 1.82) is 0 Å². The quantitative estimate of drug-likeness (QED) is 0.731. The Hall–Kier alpha value is -2.89. The molecule has 3 aromatic rings. The summed E-state index contributed by atoms with van der Waals surface area (Å²) in [6.07, 6.45) is 4.47. The van der Waals surface area contributed by atoms with Gasteiger partial charge in [0.1, 0.15) is 0 Å². The molecule has 0 bridgehead atoms. The number of H-pyrrole nitrogens is 1. The first-order chi connectivity index (χ1) is 13.2. The van der Waals surface area contributed by atoms with Gasteiger partial charge in [-0.25, -0.2) is 0 Å². The number of carbonyl (C=O) groups excluding carboxylic acids is 1. The van der Waals surface area contributed by atoms with Crippen LogP contribution in [0.4, 0.5) is 5.82 Å². The van der Waals surface area contributed by atoms with Crippen LogP contribution in [0.1, 0.15) is 24.1 Å². The van der Waals surface area contributed by atoms with Gasteiger partial charge in [0.15, 0.2) is 5.82 Å². The molecule has 0 saturated carbocycles. The van der Waals surface area contributed by atoms with Crippen molar-refractivity contribution in [3.8, 4) is 0 Å². The molecule has 4 rings (SSSR count). The largest absolute Gasteiger partial charge is 0.361 e. The average Bonchev–Trinajstić information content (AvgIpc) is 3.10. The van der Waals surface area contributed by atoms with E-state index < -0.39 is 0 Å². The fraction of sp³-hybridized carbons (Fsp3) is 0.381. The molecule has 6 nitrogen and oxygen atoms in total. The third-order valence-electron chi connectivity index (χ3n) is 5.34. The summed E-state index contributed by atoms with van der Waals surface area (Å²) in [6.45, 7) is 4.61. The van der Waals surface area contributed by atoms with Crippen molar-refractivity contribution < 1.29 is 4.79 Å². The number of piperidine rings is 1. The molecule has 1 aliphatic rings. The molecule has 1 fully saturated rings. The molecule has 3 heterocycles. The third-order valence-corrected chi connectivity index (χ3v) is 5.34. The van der Waals surface area contributed by atoms with Crippen LogP contribution in [0.2, 0.25) is 0 Å². The molecule has 1 aromatic carbocycles. The topological polar surface area (TPSA) is 73.9 Å². The Balaban J connectivity index is 1.25. The molecule has 0 spiro atoms. The fourth-order valence-electron chi connectivity index (χ4n) is 3.70. The molecule has 0 aliphatic carbocycles. The van der Waals surface area contributed by atoms with Crippen LogP contribution >= 0.6 is 0 Å². The monoisotopic (exact) mass is 363 g/mol. The van der Waals surface area contributed by atoms with Crippen LogP contribution < -0.4 is 10.2 Å². The molecule has 0 atom stereocenters. The molecule has 1 amide bonds. The second kappa shape index (κ2) is 7.78. The zero-order valence-corrected chi connectivity index (χ0v) is 15.6. The molecule has 2 N–H and O–H groups in total. The van der Waals surface area contributed by atoms with Crippen molar-refractivity contribution >= 4 is 22.6 Å². The number of hydrogen-bond donors (Lipinski definition) is 2. The number of amides is 1. The number of aromatic nitrogens is 3. The number of para-hydroxylation sites is 1. The van der Waals surface area contributed by atoms with E-state index in [1.54, 1.807) is 0 Å². The van der Waals surface area contributed by atoms with Gasteiger partial charge in [0.25, 0.3) is 0 Å². The normalized spacial score (nSPS) is 15.2. The lowest BCUT2D eigenvalue weighted by molar-refractivity contribution is -0.120. The lowest BCUT2D eigenvalue weighted by Gasteiger charge is -2.32. The zero-order chi connectivity index (χ0) is 18.6. The number of carbonyl (C=O) groups is 1. The van der Waals surface area contributed by atoms with E-state index in [4.69, 9.17) is 0 Å². The van der Waals surface area contributed by atoms with E-state index in [0.29, 0.717) is 12.3 Å². The number of nitrogens with zero attached hydrogens (tertiary/aromatic N) is 3. The zero-order valence-electron chi connectivity index (χ0n) is 15.6. The summed E-state index contributed by atoms with van der Waals surface area (Å²) in [7, 11) is 0. The number of nitrogens with one attached hydrogen (secondary N) is 2. The number of hydrogen-bond acceptors (Lipinski definition) is 4. The second-order valence-electron chi connectivity index (χ2n) is 7.30. The van der Waals surface area contributed by atoms with Crippen LogP contribution in [0.25, 0.3) is 10.9 Å².